The summed E-state index contributed by atoms with van der Waals surface area (Å²) in [5.74, 6) is -2.16. The number of aliphatic hydroxyl groups excluding tert-OH is 1. The van der Waals surface area contributed by atoms with Crippen LogP contribution in [-0.2, 0) is 0 Å². The Morgan fingerprint density at radius 1 is 1.08 bits per heavy atom. The van der Waals surface area contributed by atoms with Crippen molar-refractivity contribution in [2.24, 2.45) is 0 Å². The first-order chi connectivity index (χ1) is 11.4. The smallest absolute Gasteiger partial charge is 0.319 e. The number of halogens is 2. The number of ketones is 1. The third kappa shape index (κ3) is 4.60. The molecule has 0 saturated carbocycles. The second-order valence-corrected chi connectivity index (χ2v) is 5.16. The van der Waals surface area contributed by atoms with Gasteiger partial charge in [0, 0.05) is 17.8 Å². The molecule has 0 heterocycles. The molecule has 126 valence electrons. The summed E-state index contributed by atoms with van der Waals surface area (Å²) in [6.07, 6.45) is -1.18. The molecule has 0 radical (unpaired) electrons. The zero-order valence-electron chi connectivity index (χ0n) is 12.8. The number of nitrogens with one attached hydrogen (secondary N) is 2. The summed E-state index contributed by atoms with van der Waals surface area (Å²) in [6, 6.07) is 8.74. The average Bonchev–Trinajstić information content (AvgIpc) is 2.55. The molecular formula is C17H16F2N2O3. The van der Waals surface area contributed by atoms with E-state index in [1.54, 1.807) is 24.3 Å². The van der Waals surface area contributed by atoms with E-state index in [0.717, 1.165) is 12.1 Å². The lowest BCUT2D eigenvalue weighted by molar-refractivity contribution is 0.101. The van der Waals surface area contributed by atoms with Gasteiger partial charge in [-0.15, -0.1) is 0 Å². The molecular weight excluding hydrogens is 318 g/mol. The van der Waals surface area contributed by atoms with Crippen molar-refractivity contribution in [3.8, 4) is 0 Å². The summed E-state index contributed by atoms with van der Waals surface area (Å²) < 4.78 is 25.9. The summed E-state index contributed by atoms with van der Waals surface area (Å²) in [4.78, 5) is 22.9. The van der Waals surface area contributed by atoms with Gasteiger partial charge < -0.3 is 15.7 Å². The lowest BCUT2D eigenvalue weighted by atomic mass is 10.1. The molecule has 7 heteroatoms. The highest BCUT2D eigenvalue weighted by molar-refractivity contribution is 5.95. The van der Waals surface area contributed by atoms with Crippen LogP contribution in [0.2, 0.25) is 0 Å². The van der Waals surface area contributed by atoms with E-state index in [2.05, 4.69) is 10.6 Å². The number of aliphatic hydroxyl groups is 1. The molecule has 2 aromatic rings. The molecule has 1 unspecified atom stereocenters. The topological polar surface area (TPSA) is 78.4 Å². The van der Waals surface area contributed by atoms with Gasteiger partial charge in [0.1, 0.15) is 0 Å². The third-order valence-electron chi connectivity index (χ3n) is 3.33. The Hall–Kier alpha value is -2.80. The number of anilines is 1. The Morgan fingerprint density at radius 2 is 1.75 bits per heavy atom. The summed E-state index contributed by atoms with van der Waals surface area (Å²) in [5, 5.41) is 14.8. The predicted molar refractivity (Wildman–Crippen MR) is 84.8 cm³/mol. The minimum absolute atomic E-state index is 0.0827. The Bertz CT molecular complexity index is 748. The summed E-state index contributed by atoms with van der Waals surface area (Å²) in [7, 11) is 0. The van der Waals surface area contributed by atoms with Crippen LogP contribution in [0, 0.1) is 11.6 Å². The molecule has 3 N–H and O–H groups in total. The Morgan fingerprint density at radius 3 is 2.33 bits per heavy atom. The van der Waals surface area contributed by atoms with Crippen LogP contribution < -0.4 is 10.6 Å². The number of carbonyl (C=O) groups is 2. The highest BCUT2D eigenvalue weighted by Crippen LogP contribution is 2.16. The lowest BCUT2D eigenvalue weighted by Gasteiger charge is -2.13. The fourth-order valence-electron chi connectivity index (χ4n) is 1.99. The van der Waals surface area contributed by atoms with Crippen LogP contribution in [0.1, 0.15) is 28.9 Å². The standard InChI is InChI=1S/C17H16F2N2O3/c1-10(22)11-2-5-13(6-3-11)21-17(24)20-9-16(23)12-4-7-14(18)15(19)8-12/h2-8,16,23H,9H2,1H3,(H2,20,21,24). The minimum atomic E-state index is -1.18. The van der Waals surface area contributed by atoms with Gasteiger partial charge in [-0.25, -0.2) is 13.6 Å². The van der Waals surface area contributed by atoms with Crippen LogP contribution in [0.3, 0.4) is 0 Å². The number of benzene rings is 2. The van der Waals surface area contributed by atoms with Gasteiger partial charge in [0.2, 0.25) is 0 Å². The molecule has 0 aliphatic heterocycles. The SMILES string of the molecule is CC(=O)c1ccc(NC(=O)NCC(O)c2ccc(F)c(F)c2)cc1. The van der Waals surface area contributed by atoms with Gasteiger partial charge >= 0.3 is 6.03 Å². The maximum absolute atomic E-state index is 13.1. The van der Waals surface area contributed by atoms with Gasteiger partial charge in [-0.2, -0.15) is 0 Å². The fraction of sp³-hybridized carbons (Fsp3) is 0.176. The molecule has 0 aliphatic carbocycles. The van der Waals surface area contributed by atoms with Crippen LogP contribution in [0.5, 0.6) is 0 Å². The lowest BCUT2D eigenvalue weighted by Crippen LogP contribution is -2.32. The molecule has 5 nitrogen and oxygen atoms in total. The Kier molecular flexibility index (Phi) is 5.59. The zero-order chi connectivity index (χ0) is 17.7. The normalized spacial score (nSPS) is 11.7. The fourth-order valence-corrected chi connectivity index (χ4v) is 1.99. The van der Waals surface area contributed by atoms with Crippen LogP contribution >= 0.6 is 0 Å². The van der Waals surface area contributed by atoms with E-state index in [4.69, 9.17) is 0 Å². The molecule has 2 aromatic carbocycles. The van der Waals surface area contributed by atoms with Crippen molar-refractivity contribution in [1.29, 1.82) is 0 Å². The molecule has 0 aliphatic rings. The minimum Gasteiger partial charge on any atom is -0.387 e. The van der Waals surface area contributed by atoms with Gasteiger partial charge in [0.25, 0.3) is 0 Å². The molecule has 0 spiro atoms. The Balaban J connectivity index is 1.88. The summed E-state index contributed by atoms with van der Waals surface area (Å²) >= 11 is 0. The third-order valence-corrected chi connectivity index (χ3v) is 3.33. The predicted octanol–water partition coefficient (Wildman–Crippen LogP) is 3.02. The second kappa shape index (κ2) is 7.65. The maximum atomic E-state index is 13.1. The maximum Gasteiger partial charge on any atom is 0.319 e. The van der Waals surface area contributed by atoms with E-state index in [9.17, 15) is 23.5 Å². The van der Waals surface area contributed by atoms with Gasteiger partial charge in [0.05, 0.1) is 6.10 Å². The van der Waals surface area contributed by atoms with Crippen LogP contribution in [0.25, 0.3) is 0 Å². The van der Waals surface area contributed by atoms with E-state index < -0.39 is 23.8 Å². The molecule has 2 amide bonds. The van der Waals surface area contributed by atoms with E-state index in [1.807, 2.05) is 0 Å². The van der Waals surface area contributed by atoms with Crippen LogP contribution in [-0.4, -0.2) is 23.5 Å². The molecule has 0 fully saturated rings. The summed E-state index contributed by atoms with van der Waals surface area (Å²) in [6.45, 7) is 1.26. The Labute approximate surface area is 137 Å². The first kappa shape index (κ1) is 17.6. The van der Waals surface area contributed by atoms with Crippen molar-refractivity contribution >= 4 is 17.5 Å². The van der Waals surface area contributed by atoms with Crippen LogP contribution in [0.15, 0.2) is 42.5 Å². The van der Waals surface area contributed by atoms with Crippen molar-refractivity contribution < 1.29 is 23.5 Å². The van der Waals surface area contributed by atoms with Crippen LogP contribution in [0.4, 0.5) is 19.3 Å². The molecule has 0 saturated heterocycles. The first-order valence-corrected chi connectivity index (χ1v) is 7.15. The number of rotatable bonds is 5. The van der Waals surface area contributed by atoms with Crippen molar-refractivity contribution in [3.63, 3.8) is 0 Å². The van der Waals surface area contributed by atoms with E-state index in [0.29, 0.717) is 11.3 Å². The average molecular weight is 334 g/mol. The number of amides is 2. The number of hydrogen-bond acceptors (Lipinski definition) is 3. The van der Waals surface area contributed by atoms with Crippen molar-refractivity contribution in [3.05, 3.63) is 65.2 Å². The molecule has 0 bridgehead atoms. The zero-order valence-corrected chi connectivity index (χ0v) is 12.8. The number of Topliss-reactive ketones (excluding diaryl/α,β-unsaturated/α-hetero) is 1. The highest BCUT2D eigenvalue weighted by Gasteiger charge is 2.12. The van der Waals surface area contributed by atoms with Gasteiger partial charge in [0.15, 0.2) is 17.4 Å². The summed E-state index contributed by atoms with van der Waals surface area (Å²) in [5.41, 5.74) is 1.15. The number of urea groups is 1. The molecule has 0 aromatic heterocycles. The monoisotopic (exact) mass is 334 g/mol. The van der Waals surface area contributed by atoms with Gasteiger partial charge in [-0.05, 0) is 48.9 Å². The van der Waals surface area contributed by atoms with Crippen molar-refractivity contribution in [1.82, 2.24) is 5.32 Å². The van der Waals surface area contributed by atoms with E-state index >= 15 is 0 Å². The largest absolute Gasteiger partial charge is 0.387 e. The first-order valence-electron chi connectivity index (χ1n) is 7.15. The van der Waals surface area contributed by atoms with Crippen molar-refractivity contribution in [2.75, 3.05) is 11.9 Å². The molecule has 24 heavy (non-hydrogen) atoms. The number of carbonyl (C=O) groups excluding carboxylic acids is 2. The number of hydrogen-bond donors (Lipinski definition) is 3. The van der Waals surface area contributed by atoms with Gasteiger partial charge in [-0.1, -0.05) is 6.07 Å². The second-order valence-electron chi connectivity index (χ2n) is 5.16. The van der Waals surface area contributed by atoms with E-state index in [1.165, 1.54) is 13.0 Å². The van der Waals surface area contributed by atoms with Crippen molar-refractivity contribution in [2.45, 2.75) is 13.0 Å². The highest BCUT2D eigenvalue weighted by atomic mass is 19.2. The quantitative estimate of drug-likeness (QED) is 0.736. The van der Waals surface area contributed by atoms with Gasteiger partial charge in [-0.3, -0.25) is 4.79 Å². The molecule has 2 rings (SSSR count). The van der Waals surface area contributed by atoms with E-state index in [-0.39, 0.29) is 17.9 Å². The molecule has 1 atom stereocenters.